The van der Waals surface area contributed by atoms with E-state index in [1.807, 2.05) is 6.07 Å². The van der Waals surface area contributed by atoms with Crippen molar-refractivity contribution in [2.24, 2.45) is 5.73 Å². The summed E-state index contributed by atoms with van der Waals surface area (Å²) >= 11 is 9.22. The predicted octanol–water partition coefficient (Wildman–Crippen LogP) is 2.49. The molecule has 1 aliphatic rings. The molecule has 0 aromatic heterocycles. The van der Waals surface area contributed by atoms with E-state index in [9.17, 15) is 0 Å². The second-order valence-electron chi connectivity index (χ2n) is 2.72. The Morgan fingerprint density at radius 2 is 2.33 bits per heavy atom. The molecular formula is C8H7BrClNO. The third-order valence-electron chi connectivity index (χ3n) is 1.85. The number of fused-ring (bicyclic) bond motifs is 1. The van der Waals surface area contributed by atoms with Gasteiger partial charge in [0.25, 0.3) is 0 Å². The van der Waals surface area contributed by atoms with Crippen LogP contribution in [0.2, 0.25) is 5.02 Å². The molecule has 4 heteroatoms. The number of rotatable bonds is 0. The van der Waals surface area contributed by atoms with Gasteiger partial charge in [-0.15, -0.1) is 0 Å². The monoisotopic (exact) mass is 247 g/mol. The van der Waals surface area contributed by atoms with Gasteiger partial charge in [-0.25, -0.2) is 0 Å². The fourth-order valence-electron chi connectivity index (χ4n) is 1.30. The Hall–Kier alpha value is -0.250. The summed E-state index contributed by atoms with van der Waals surface area (Å²) in [6, 6.07) is 3.58. The van der Waals surface area contributed by atoms with Gasteiger partial charge in [0.05, 0.1) is 6.04 Å². The standard InChI is InChI=1S/C8H7BrClNO/c9-5-1-4(10)2-7-8(5)6(11)3-12-7/h1-2,6H,3,11H2. The molecule has 1 aliphatic heterocycles. The lowest BCUT2D eigenvalue weighted by molar-refractivity contribution is 0.333. The SMILES string of the molecule is NC1COc2cc(Cl)cc(Br)c21. The molecule has 0 amide bonds. The van der Waals surface area contributed by atoms with Gasteiger partial charge in [-0.3, -0.25) is 0 Å². The van der Waals surface area contributed by atoms with Gasteiger partial charge in [-0.2, -0.15) is 0 Å². The van der Waals surface area contributed by atoms with Crippen LogP contribution in [-0.4, -0.2) is 6.61 Å². The average Bonchev–Trinajstić information content (AvgIpc) is 2.31. The van der Waals surface area contributed by atoms with E-state index in [0.717, 1.165) is 15.8 Å². The Morgan fingerprint density at radius 3 is 3.08 bits per heavy atom. The zero-order chi connectivity index (χ0) is 8.72. The highest BCUT2D eigenvalue weighted by molar-refractivity contribution is 9.10. The van der Waals surface area contributed by atoms with Crippen LogP contribution in [0.15, 0.2) is 16.6 Å². The number of ether oxygens (including phenoxy) is 1. The van der Waals surface area contributed by atoms with E-state index in [1.54, 1.807) is 6.07 Å². The Balaban J connectivity index is 2.60. The van der Waals surface area contributed by atoms with E-state index in [-0.39, 0.29) is 6.04 Å². The van der Waals surface area contributed by atoms with Gasteiger partial charge in [0.1, 0.15) is 12.4 Å². The summed E-state index contributed by atoms with van der Waals surface area (Å²) in [6.45, 7) is 0.536. The van der Waals surface area contributed by atoms with Crippen molar-refractivity contribution in [3.8, 4) is 5.75 Å². The Morgan fingerprint density at radius 1 is 1.58 bits per heavy atom. The number of nitrogens with two attached hydrogens (primary N) is 1. The second kappa shape index (κ2) is 2.91. The molecular weight excluding hydrogens is 241 g/mol. The first-order valence-corrected chi connectivity index (χ1v) is 4.73. The highest BCUT2D eigenvalue weighted by Crippen LogP contribution is 2.38. The van der Waals surface area contributed by atoms with E-state index in [1.165, 1.54) is 0 Å². The zero-order valence-electron chi connectivity index (χ0n) is 6.18. The molecule has 2 nitrogen and oxygen atoms in total. The predicted molar refractivity (Wildman–Crippen MR) is 51.6 cm³/mol. The van der Waals surface area contributed by atoms with E-state index in [2.05, 4.69) is 15.9 Å². The fraction of sp³-hybridized carbons (Fsp3) is 0.250. The smallest absolute Gasteiger partial charge is 0.126 e. The quantitative estimate of drug-likeness (QED) is 0.766. The van der Waals surface area contributed by atoms with Crippen LogP contribution in [0.4, 0.5) is 0 Å². The largest absolute Gasteiger partial charge is 0.491 e. The van der Waals surface area contributed by atoms with E-state index < -0.39 is 0 Å². The summed E-state index contributed by atoms with van der Waals surface area (Å²) in [5.41, 5.74) is 6.81. The van der Waals surface area contributed by atoms with Crippen molar-refractivity contribution in [3.63, 3.8) is 0 Å². The van der Waals surface area contributed by atoms with Crippen LogP contribution < -0.4 is 10.5 Å². The maximum atomic E-state index is 5.83. The summed E-state index contributed by atoms with van der Waals surface area (Å²) in [7, 11) is 0. The number of hydrogen-bond acceptors (Lipinski definition) is 2. The Bertz CT molecular complexity index is 329. The lowest BCUT2D eigenvalue weighted by atomic mass is 10.1. The van der Waals surface area contributed by atoms with Gasteiger partial charge in [0.2, 0.25) is 0 Å². The first-order valence-electron chi connectivity index (χ1n) is 3.56. The Kier molecular flexibility index (Phi) is 2.02. The summed E-state index contributed by atoms with van der Waals surface area (Å²) in [6.07, 6.45) is 0. The van der Waals surface area contributed by atoms with Gasteiger partial charge in [-0.05, 0) is 12.1 Å². The molecule has 1 unspecified atom stereocenters. The van der Waals surface area contributed by atoms with Crippen LogP contribution in [0.25, 0.3) is 0 Å². The van der Waals surface area contributed by atoms with Gasteiger partial charge >= 0.3 is 0 Å². The van der Waals surface area contributed by atoms with Crippen LogP contribution in [-0.2, 0) is 0 Å². The van der Waals surface area contributed by atoms with Crippen molar-refractivity contribution < 1.29 is 4.74 Å². The summed E-state index contributed by atoms with van der Waals surface area (Å²) in [4.78, 5) is 0. The molecule has 0 radical (unpaired) electrons. The molecule has 1 atom stereocenters. The first kappa shape index (κ1) is 8.35. The van der Waals surface area contributed by atoms with E-state index in [4.69, 9.17) is 22.1 Å². The molecule has 12 heavy (non-hydrogen) atoms. The van der Waals surface area contributed by atoms with Crippen molar-refractivity contribution in [2.75, 3.05) is 6.61 Å². The fourth-order valence-corrected chi connectivity index (χ4v) is 2.38. The highest BCUT2D eigenvalue weighted by Gasteiger charge is 2.23. The van der Waals surface area contributed by atoms with Gasteiger partial charge < -0.3 is 10.5 Å². The maximum absolute atomic E-state index is 5.83. The van der Waals surface area contributed by atoms with E-state index >= 15 is 0 Å². The van der Waals surface area contributed by atoms with Gasteiger partial charge in [0.15, 0.2) is 0 Å². The van der Waals surface area contributed by atoms with Crippen molar-refractivity contribution in [1.82, 2.24) is 0 Å². The van der Waals surface area contributed by atoms with Gasteiger partial charge in [0, 0.05) is 15.1 Å². The van der Waals surface area contributed by atoms with Crippen LogP contribution in [0.3, 0.4) is 0 Å². The summed E-state index contributed by atoms with van der Waals surface area (Å²) in [5.74, 6) is 0.793. The summed E-state index contributed by atoms with van der Waals surface area (Å²) < 4.78 is 6.26. The molecule has 2 rings (SSSR count). The molecule has 64 valence electrons. The average molecular weight is 249 g/mol. The van der Waals surface area contributed by atoms with Crippen molar-refractivity contribution in [3.05, 3.63) is 27.2 Å². The zero-order valence-corrected chi connectivity index (χ0v) is 8.52. The molecule has 0 spiro atoms. The number of hydrogen-bond donors (Lipinski definition) is 1. The van der Waals surface area contributed by atoms with Crippen molar-refractivity contribution in [2.45, 2.75) is 6.04 Å². The minimum atomic E-state index is -0.0355. The molecule has 2 N–H and O–H groups in total. The third-order valence-corrected chi connectivity index (χ3v) is 2.72. The normalized spacial score (nSPS) is 20.4. The molecule has 1 heterocycles. The molecule has 0 aliphatic carbocycles. The molecule has 1 aromatic rings. The Labute approximate surface area is 83.8 Å². The molecule has 0 saturated carbocycles. The topological polar surface area (TPSA) is 35.2 Å². The minimum absolute atomic E-state index is 0.0355. The van der Waals surface area contributed by atoms with Crippen LogP contribution in [0, 0.1) is 0 Å². The highest BCUT2D eigenvalue weighted by atomic mass is 79.9. The number of halogens is 2. The first-order chi connectivity index (χ1) is 5.68. The van der Waals surface area contributed by atoms with Crippen molar-refractivity contribution >= 4 is 27.5 Å². The molecule has 0 bridgehead atoms. The summed E-state index contributed by atoms with van der Waals surface area (Å²) in [5, 5.41) is 0.662. The van der Waals surface area contributed by atoms with Crippen molar-refractivity contribution in [1.29, 1.82) is 0 Å². The second-order valence-corrected chi connectivity index (χ2v) is 4.01. The number of benzene rings is 1. The van der Waals surface area contributed by atoms with E-state index in [0.29, 0.717) is 11.6 Å². The minimum Gasteiger partial charge on any atom is -0.491 e. The van der Waals surface area contributed by atoms with Gasteiger partial charge in [-0.1, -0.05) is 27.5 Å². The molecule has 0 saturated heterocycles. The molecule has 0 fully saturated rings. The van der Waals surface area contributed by atoms with Crippen LogP contribution in [0.5, 0.6) is 5.75 Å². The lowest BCUT2D eigenvalue weighted by Gasteiger charge is -2.03. The van der Waals surface area contributed by atoms with Crippen LogP contribution in [0.1, 0.15) is 11.6 Å². The molecule has 1 aromatic carbocycles. The maximum Gasteiger partial charge on any atom is 0.126 e. The lowest BCUT2D eigenvalue weighted by Crippen LogP contribution is -2.11. The third kappa shape index (κ3) is 1.22. The van der Waals surface area contributed by atoms with Crippen LogP contribution >= 0.6 is 27.5 Å².